The first kappa shape index (κ1) is 11.9. The van der Waals surface area contributed by atoms with Crippen LogP contribution in [0.25, 0.3) is 0 Å². The number of halogens is 1. The minimum absolute atomic E-state index is 0.113. The first-order chi connectivity index (χ1) is 8.15. The van der Waals surface area contributed by atoms with Gasteiger partial charge in [-0.15, -0.1) is 0 Å². The molecule has 0 saturated carbocycles. The zero-order chi connectivity index (χ0) is 12.3. The van der Waals surface area contributed by atoms with Crippen LogP contribution in [0.2, 0.25) is 5.02 Å². The maximum atomic E-state index is 5.81. The molecule has 0 aliphatic carbocycles. The lowest BCUT2D eigenvalue weighted by molar-refractivity contribution is 0.221. The number of aromatic nitrogens is 2. The normalized spacial score (nSPS) is 12.2. The second-order valence-corrected chi connectivity index (χ2v) is 4.18. The highest BCUT2D eigenvalue weighted by Crippen LogP contribution is 2.21. The zero-order valence-electron chi connectivity index (χ0n) is 9.72. The number of aryl methyl sites for hydroxylation is 1. The van der Waals surface area contributed by atoms with E-state index in [0.29, 0.717) is 5.02 Å². The summed E-state index contributed by atoms with van der Waals surface area (Å²) in [4.78, 5) is 8.38. The van der Waals surface area contributed by atoms with Crippen LogP contribution in [0, 0.1) is 6.92 Å². The molecule has 0 radical (unpaired) electrons. The Balaban J connectivity index is 2.11. The maximum Gasteiger partial charge on any atom is 0.138 e. The average molecular weight is 249 g/mol. The molecule has 1 heterocycles. The van der Waals surface area contributed by atoms with Crippen molar-refractivity contribution in [2.45, 2.75) is 20.0 Å². The molecule has 3 nitrogen and oxygen atoms in total. The molecule has 0 aliphatic rings. The van der Waals surface area contributed by atoms with Gasteiger partial charge >= 0.3 is 0 Å². The first-order valence-electron chi connectivity index (χ1n) is 5.37. The molecule has 0 amide bonds. The molecule has 0 aliphatic heterocycles. The summed E-state index contributed by atoms with van der Waals surface area (Å²) in [6.07, 6.45) is 1.62. The van der Waals surface area contributed by atoms with E-state index in [1.54, 1.807) is 18.3 Å². The highest BCUT2D eigenvalue weighted by molar-refractivity contribution is 6.30. The third-order valence-corrected chi connectivity index (χ3v) is 2.59. The molecule has 1 aromatic carbocycles. The predicted molar refractivity (Wildman–Crippen MR) is 67.3 cm³/mol. The molecule has 17 heavy (non-hydrogen) atoms. The van der Waals surface area contributed by atoms with Crippen LogP contribution in [-0.2, 0) is 0 Å². The summed E-state index contributed by atoms with van der Waals surface area (Å²) in [5.41, 5.74) is 0.868. The lowest BCUT2D eigenvalue weighted by Gasteiger charge is -2.14. The Kier molecular flexibility index (Phi) is 3.59. The fourth-order valence-corrected chi connectivity index (χ4v) is 1.60. The van der Waals surface area contributed by atoms with Crippen molar-refractivity contribution in [2.75, 3.05) is 0 Å². The molecule has 0 spiro atoms. The Labute approximate surface area is 105 Å². The van der Waals surface area contributed by atoms with Crippen LogP contribution < -0.4 is 4.74 Å². The van der Waals surface area contributed by atoms with Crippen molar-refractivity contribution in [3.8, 4) is 5.75 Å². The van der Waals surface area contributed by atoms with Crippen molar-refractivity contribution in [3.05, 3.63) is 53.1 Å². The lowest BCUT2D eigenvalue weighted by atomic mass is 10.2. The number of benzene rings is 1. The molecule has 0 N–H and O–H groups in total. The van der Waals surface area contributed by atoms with Gasteiger partial charge in [-0.3, -0.25) is 0 Å². The van der Waals surface area contributed by atoms with Crippen LogP contribution in [-0.4, -0.2) is 9.97 Å². The minimum Gasteiger partial charge on any atom is -0.484 e. The Morgan fingerprint density at radius 1 is 1.18 bits per heavy atom. The number of hydrogen-bond donors (Lipinski definition) is 0. The molecular formula is C13H13ClN2O. The molecule has 0 bridgehead atoms. The van der Waals surface area contributed by atoms with Gasteiger partial charge in [-0.2, -0.15) is 0 Å². The quantitative estimate of drug-likeness (QED) is 0.833. The van der Waals surface area contributed by atoms with Crippen LogP contribution >= 0.6 is 11.6 Å². The molecule has 4 heteroatoms. The van der Waals surface area contributed by atoms with E-state index >= 15 is 0 Å². The summed E-state index contributed by atoms with van der Waals surface area (Å²) in [5.74, 6) is 1.52. The van der Waals surface area contributed by atoms with Crippen LogP contribution in [0.5, 0.6) is 5.75 Å². The first-order valence-corrected chi connectivity index (χ1v) is 5.75. The number of ether oxygens (including phenoxy) is 1. The van der Waals surface area contributed by atoms with Gasteiger partial charge in [0, 0.05) is 11.2 Å². The minimum atomic E-state index is -0.113. The Hall–Kier alpha value is -1.61. The molecule has 88 valence electrons. The summed E-state index contributed by atoms with van der Waals surface area (Å²) in [5, 5.41) is 0.697. The van der Waals surface area contributed by atoms with E-state index in [9.17, 15) is 0 Å². The van der Waals surface area contributed by atoms with E-state index in [0.717, 1.165) is 17.3 Å². The van der Waals surface area contributed by atoms with E-state index in [-0.39, 0.29) is 6.10 Å². The third kappa shape index (κ3) is 3.17. The SMILES string of the molecule is Cc1nccc(C(C)Oc2ccc(Cl)cc2)n1. The summed E-state index contributed by atoms with van der Waals surface area (Å²) in [6, 6.07) is 9.14. The molecule has 1 atom stereocenters. The Morgan fingerprint density at radius 2 is 1.88 bits per heavy atom. The third-order valence-electron chi connectivity index (χ3n) is 2.34. The van der Waals surface area contributed by atoms with Gasteiger partial charge in [0.1, 0.15) is 17.7 Å². The number of hydrogen-bond acceptors (Lipinski definition) is 3. The van der Waals surface area contributed by atoms with Crippen LogP contribution in [0.1, 0.15) is 24.5 Å². The molecular weight excluding hydrogens is 236 g/mol. The zero-order valence-corrected chi connectivity index (χ0v) is 10.5. The van der Waals surface area contributed by atoms with Crippen LogP contribution in [0.3, 0.4) is 0 Å². The van der Waals surface area contributed by atoms with Gasteiger partial charge in [0.25, 0.3) is 0 Å². The van der Waals surface area contributed by atoms with E-state index in [2.05, 4.69) is 9.97 Å². The predicted octanol–water partition coefficient (Wildman–Crippen LogP) is 3.58. The summed E-state index contributed by atoms with van der Waals surface area (Å²) in [6.45, 7) is 3.81. The monoisotopic (exact) mass is 248 g/mol. The lowest BCUT2D eigenvalue weighted by Crippen LogP contribution is -2.06. The van der Waals surface area contributed by atoms with Crippen molar-refractivity contribution < 1.29 is 4.74 Å². The van der Waals surface area contributed by atoms with E-state index in [1.807, 2.05) is 32.0 Å². The van der Waals surface area contributed by atoms with Crippen molar-refractivity contribution in [1.82, 2.24) is 9.97 Å². The highest BCUT2D eigenvalue weighted by Gasteiger charge is 2.09. The molecule has 2 rings (SSSR count). The molecule has 0 fully saturated rings. The number of nitrogens with zero attached hydrogens (tertiary/aromatic N) is 2. The number of rotatable bonds is 3. The van der Waals surface area contributed by atoms with Crippen molar-refractivity contribution in [2.24, 2.45) is 0 Å². The van der Waals surface area contributed by atoms with E-state index in [1.165, 1.54) is 0 Å². The van der Waals surface area contributed by atoms with E-state index < -0.39 is 0 Å². The summed E-state index contributed by atoms with van der Waals surface area (Å²) in [7, 11) is 0. The molecule has 2 aromatic rings. The average Bonchev–Trinajstić information content (AvgIpc) is 2.32. The van der Waals surface area contributed by atoms with Gasteiger partial charge in [0.05, 0.1) is 5.69 Å². The molecule has 1 unspecified atom stereocenters. The summed E-state index contributed by atoms with van der Waals surface area (Å²) >= 11 is 5.81. The summed E-state index contributed by atoms with van der Waals surface area (Å²) < 4.78 is 5.76. The second-order valence-electron chi connectivity index (χ2n) is 3.74. The van der Waals surface area contributed by atoms with Crippen molar-refractivity contribution in [3.63, 3.8) is 0 Å². The fraction of sp³-hybridized carbons (Fsp3) is 0.231. The van der Waals surface area contributed by atoms with Crippen LogP contribution in [0.4, 0.5) is 0 Å². The van der Waals surface area contributed by atoms with E-state index in [4.69, 9.17) is 16.3 Å². The van der Waals surface area contributed by atoms with Gasteiger partial charge in [0.2, 0.25) is 0 Å². The van der Waals surface area contributed by atoms with Crippen LogP contribution in [0.15, 0.2) is 36.5 Å². The van der Waals surface area contributed by atoms with Crippen molar-refractivity contribution in [1.29, 1.82) is 0 Å². The topological polar surface area (TPSA) is 35.0 Å². The highest BCUT2D eigenvalue weighted by atomic mass is 35.5. The van der Waals surface area contributed by atoms with Gasteiger partial charge in [-0.25, -0.2) is 9.97 Å². The standard InChI is InChI=1S/C13H13ClN2O/c1-9(13-7-8-15-10(2)16-13)17-12-5-3-11(14)4-6-12/h3-9H,1-2H3. The second kappa shape index (κ2) is 5.15. The Bertz CT molecular complexity index is 499. The molecule has 1 aromatic heterocycles. The maximum absolute atomic E-state index is 5.81. The van der Waals surface area contributed by atoms with Gasteiger partial charge in [-0.1, -0.05) is 11.6 Å². The fourth-order valence-electron chi connectivity index (χ4n) is 1.48. The van der Waals surface area contributed by atoms with Gasteiger partial charge < -0.3 is 4.74 Å². The van der Waals surface area contributed by atoms with Crippen molar-refractivity contribution >= 4 is 11.6 Å². The van der Waals surface area contributed by atoms with Gasteiger partial charge in [-0.05, 0) is 44.2 Å². The molecule has 0 saturated heterocycles. The smallest absolute Gasteiger partial charge is 0.138 e. The van der Waals surface area contributed by atoms with Gasteiger partial charge in [0.15, 0.2) is 0 Å². The Morgan fingerprint density at radius 3 is 2.53 bits per heavy atom. The largest absolute Gasteiger partial charge is 0.484 e.